The Labute approximate surface area is 141 Å². The van der Waals surface area contributed by atoms with Crippen LogP contribution in [0.15, 0.2) is 60.7 Å². The second-order valence-corrected chi connectivity index (χ2v) is 8.24. The average Bonchev–Trinajstić information content (AvgIpc) is 2.81. The molecule has 0 N–H and O–H groups in total. The van der Waals surface area contributed by atoms with Crippen LogP contribution in [-0.4, -0.2) is 0 Å². The van der Waals surface area contributed by atoms with Crippen molar-refractivity contribution in [1.29, 1.82) is 0 Å². The Morgan fingerprint density at radius 1 is 0.682 bits per heavy atom. The van der Waals surface area contributed by atoms with Crippen LogP contribution in [0.25, 0.3) is 25.1 Å². The third kappa shape index (κ3) is 2.21. The fraction of sp³-hybridized carbons (Fsp3) is 0.0526. The standard InChI is InChI=1S/C19H13Cl2S/c1-12-2-6-15(7-3-12)22-18-8-4-13(20)10-16(18)17-11-14(21)5-9-19(17)22/h2-11H,1H3/q+1. The van der Waals surface area contributed by atoms with Gasteiger partial charge < -0.3 is 0 Å². The van der Waals surface area contributed by atoms with E-state index in [1.165, 1.54) is 30.6 Å². The lowest BCUT2D eigenvalue weighted by Gasteiger charge is -1.95. The zero-order valence-electron chi connectivity index (χ0n) is 11.9. The molecule has 0 saturated heterocycles. The van der Waals surface area contributed by atoms with Crippen LogP contribution in [-0.2, 0) is 0 Å². The highest BCUT2D eigenvalue weighted by atomic mass is 35.5. The van der Waals surface area contributed by atoms with Crippen LogP contribution in [0, 0.1) is 6.92 Å². The van der Waals surface area contributed by atoms with Crippen LogP contribution in [0.2, 0.25) is 10.0 Å². The van der Waals surface area contributed by atoms with E-state index in [2.05, 4.69) is 43.3 Å². The van der Waals surface area contributed by atoms with Crippen molar-refractivity contribution in [3.05, 3.63) is 76.3 Å². The number of thiophene rings is 1. The molecule has 1 heterocycles. The first-order chi connectivity index (χ1) is 10.6. The Kier molecular flexibility index (Phi) is 3.37. The van der Waals surface area contributed by atoms with Crippen LogP contribution in [0.4, 0.5) is 0 Å². The molecular weight excluding hydrogens is 331 g/mol. The number of rotatable bonds is 1. The minimum absolute atomic E-state index is 0.0827. The summed E-state index contributed by atoms with van der Waals surface area (Å²) < 4.78 is 2.65. The molecule has 1 aromatic heterocycles. The van der Waals surface area contributed by atoms with Crippen molar-refractivity contribution in [3.8, 4) is 4.90 Å². The molecule has 0 aliphatic rings. The maximum absolute atomic E-state index is 6.21. The van der Waals surface area contributed by atoms with Gasteiger partial charge in [0, 0.05) is 43.4 Å². The molecule has 4 rings (SSSR count). The van der Waals surface area contributed by atoms with Crippen molar-refractivity contribution in [2.45, 2.75) is 6.92 Å². The summed E-state index contributed by atoms with van der Waals surface area (Å²) in [6, 6.07) is 21.1. The van der Waals surface area contributed by atoms with Crippen LogP contribution in [0.3, 0.4) is 0 Å². The molecule has 108 valence electrons. The number of benzene rings is 3. The van der Waals surface area contributed by atoms with Gasteiger partial charge in [0.15, 0.2) is 14.3 Å². The van der Waals surface area contributed by atoms with Gasteiger partial charge in [-0.15, -0.1) is 0 Å². The monoisotopic (exact) mass is 343 g/mol. The van der Waals surface area contributed by atoms with Crippen molar-refractivity contribution >= 4 is 53.8 Å². The van der Waals surface area contributed by atoms with Gasteiger partial charge in [0.25, 0.3) is 0 Å². The summed E-state index contributed by atoms with van der Waals surface area (Å²) in [5, 5.41) is 3.93. The molecule has 0 radical (unpaired) electrons. The van der Waals surface area contributed by atoms with Gasteiger partial charge in [-0.3, -0.25) is 0 Å². The highest BCUT2D eigenvalue weighted by Crippen LogP contribution is 2.49. The van der Waals surface area contributed by atoms with Gasteiger partial charge in [0.05, 0.1) is 0 Å². The number of hydrogen-bond acceptors (Lipinski definition) is 0. The summed E-state index contributed by atoms with van der Waals surface area (Å²) in [5.41, 5.74) is 1.28. The van der Waals surface area contributed by atoms with Gasteiger partial charge in [-0.2, -0.15) is 0 Å². The van der Waals surface area contributed by atoms with Gasteiger partial charge in [0.1, 0.15) is 0 Å². The summed E-state index contributed by atoms with van der Waals surface area (Å²) >= 11 is 12.4. The summed E-state index contributed by atoms with van der Waals surface area (Å²) in [6.45, 7) is 2.11. The van der Waals surface area contributed by atoms with Gasteiger partial charge >= 0.3 is 0 Å². The maximum Gasteiger partial charge on any atom is 0.187 e. The third-order valence-electron chi connectivity index (χ3n) is 3.87. The predicted octanol–water partition coefficient (Wildman–Crippen LogP) is 7.35. The molecule has 0 bridgehead atoms. The van der Waals surface area contributed by atoms with Crippen LogP contribution < -0.4 is 0 Å². The first-order valence-corrected chi connectivity index (χ1v) is 9.02. The van der Waals surface area contributed by atoms with E-state index in [4.69, 9.17) is 23.2 Å². The van der Waals surface area contributed by atoms with Crippen molar-refractivity contribution in [1.82, 2.24) is 0 Å². The lowest BCUT2D eigenvalue weighted by molar-refractivity contribution is 1.49. The van der Waals surface area contributed by atoms with E-state index in [0.717, 1.165) is 10.0 Å². The molecule has 3 heteroatoms. The lowest BCUT2D eigenvalue weighted by Crippen LogP contribution is -1.73. The maximum atomic E-state index is 6.21. The minimum atomic E-state index is -0.0827. The van der Waals surface area contributed by atoms with E-state index in [1.54, 1.807) is 0 Å². The van der Waals surface area contributed by atoms with E-state index >= 15 is 0 Å². The highest BCUT2D eigenvalue weighted by molar-refractivity contribution is 7.50. The molecule has 0 atom stereocenters. The first kappa shape index (κ1) is 14.1. The first-order valence-electron chi connectivity index (χ1n) is 7.04. The smallest absolute Gasteiger partial charge is 0.0843 e. The van der Waals surface area contributed by atoms with Crippen molar-refractivity contribution < 1.29 is 0 Å². The summed E-state index contributed by atoms with van der Waals surface area (Å²) in [7, 11) is -0.0827. The lowest BCUT2D eigenvalue weighted by atomic mass is 10.1. The number of aryl methyl sites for hydroxylation is 1. The molecule has 0 unspecified atom stereocenters. The fourth-order valence-corrected chi connectivity index (χ4v) is 5.51. The summed E-state index contributed by atoms with van der Waals surface area (Å²) in [5.74, 6) is 0. The summed E-state index contributed by atoms with van der Waals surface area (Å²) in [4.78, 5) is 1.33. The van der Waals surface area contributed by atoms with E-state index in [-0.39, 0.29) is 10.5 Å². The quantitative estimate of drug-likeness (QED) is 0.317. The molecular formula is C19H13Cl2S+. The normalized spacial score (nSPS) is 11.4. The largest absolute Gasteiger partial charge is 0.187 e. The third-order valence-corrected chi connectivity index (χ3v) is 6.68. The Balaban J connectivity index is 2.17. The second-order valence-electron chi connectivity index (χ2n) is 5.40. The molecule has 4 aromatic rings. The van der Waals surface area contributed by atoms with Crippen LogP contribution in [0.5, 0.6) is 0 Å². The van der Waals surface area contributed by atoms with Crippen LogP contribution in [0.1, 0.15) is 5.56 Å². The Bertz CT molecular complexity index is 938. The molecule has 0 aliphatic carbocycles. The van der Waals surface area contributed by atoms with Crippen molar-refractivity contribution in [2.24, 2.45) is 0 Å². The summed E-state index contributed by atoms with van der Waals surface area (Å²) in [6.07, 6.45) is 0. The predicted molar refractivity (Wildman–Crippen MR) is 100 cm³/mol. The molecule has 0 nitrogen and oxygen atoms in total. The zero-order chi connectivity index (χ0) is 15.3. The molecule has 22 heavy (non-hydrogen) atoms. The van der Waals surface area contributed by atoms with Crippen LogP contribution >= 0.6 is 33.7 Å². The Morgan fingerprint density at radius 3 is 1.68 bits per heavy atom. The zero-order valence-corrected chi connectivity index (χ0v) is 14.3. The Morgan fingerprint density at radius 2 is 1.18 bits per heavy atom. The van der Waals surface area contributed by atoms with Gasteiger partial charge in [0.2, 0.25) is 0 Å². The fourth-order valence-electron chi connectivity index (χ4n) is 2.83. The molecule has 3 aromatic carbocycles. The van der Waals surface area contributed by atoms with Crippen molar-refractivity contribution in [3.63, 3.8) is 0 Å². The van der Waals surface area contributed by atoms with Gasteiger partial charge in [-0.25, -0.2) is 0 Å². The van der Waals surface area contributed by atoms with E-state index < -0.39 is 0 Å². The van der Waals surface area contributed by atoms with E-state index in [1.807, 2.05) is 24.3 Å². The number of hydrogen-bond donors (Lipinski definition) is 0. The molecule has 0 spiro atoms. The highest BCUT2D eigenvalue weighted by Gasteiger charge is 2.23. The average molecular weight is 344 g/mol. The van der Waals surface area contributed by atoms with Gasteiger partial charge in [-0.1, -0.05) is 40.9 Å². The molecule has 0 amide bonds. The second kappa shape index (κ2) is 5.27. The Hall–Kier alpha value is -1.54. The molecule has 0 saturated carbocycles. The molecule has 0 aliphatic heterocycles. The SMILES string of the molecule is Cc1ccc(-[s+]2c3ccc(Cl)cc3c3cc(Cl)ccc32)cc1. The number of halogens is 2. The van der Waals surface area contributed by atoms with Crippen molar-refractivity contribution in [2.75, 3.05) is 0 Å². The number of fused-ring (bicyclic) bond motifs is 3. The topological polar surface area (TPSA) is 0 Å². The molecule has 0 fully saturated rings. The van der Waals surface area contributed by atoms with Gasteiger partial charge in [-0.05, 0) is 43.3 Å². The van der Waals surface area contributed by atoms with E-state index in [9.17, 15) is 0 Å². The minimum Gasteiger partial charge on any atom is -0.0843 e. The van der Waals surface area contributed by atoms with E-state index in [0.29, 0.717) is 0 Å².